The standard InChI is InChI=1S/C13H9F3N4O2/c14-13(15,16)22-8-3-1-7(2-4-8)19-10-5-9-11(18-6-17-9)20-12(10)21/h1-5,19H,6H2,(H,18,20,21). The molecule has 22 heavy (non-hydrogen) atoms. The predicted molar refractivity (Wildman–Crippen MR) is 70.6 cm³/mol. The highest BCUT2D eigenvalue weighted by molar-refractivity contribution is 5.59. The van der Waals surface area contributed by atoms with Crippen LogP contribution in [0.5, 0.6) is 5.75 Å². The van der Waals surface area contributed by atoms with Gasteiger partial charge in [0.1, 0.15) is 23.5 Å². The summed E-state index contributed by atoms with van der Waals surface area (Å²) in [5, 5.41) is 3.36. The largest absolute Gasteiger partial charge is 0.573 e. The number of nitrogens with zero attached hydrogens (tertiary/aromatic N) is 2. The van der Waals surface area contributed by atoms with Gasteiger partial charge in [-0.1, -0.05) is 0 Å². The number of rotatable bonds is 3. The summed E-state index contributed by atoms with van der Waals surface area (Å²) in [6.45, 7) is 0.262. The van der Waals surface area contributed by atoms with E-state index in [2.05, 4.69) is 25.0 Å². The van der Waals surface area contributed by atoms with Crippen molar-refractivity contribution in [1.82, 2.24) is 4.98 Å². The highest BCUT2D eigenvalue weighted by Crippen LogP contribution is 2.24. The number of H-pyrrole nitrogens is 1. The van der Waals surface area contributed by atoms with Crippen molar-refractivity contribution in [3.05, 3.63) is 51.5 Å². The van der Waals surface area contributed by atoms with Gasteiger partial charge in [0.05, 0.1) is 0 Å². The molecular weight excluding hydrogens is 301 g/mol. The van der Waals surface area contributed by atoms with Crippen molar-refractivity contribution in [2.45, 2.75) is 6.36 Å². The van der Waals surface area contributed by atoms with Crippen LogP contribution in [0.4, 0.5) is 24.5 Å². The first-order chi connectivity index (χ1) is 10.4. The molecule has 6 nitrogen and oxygen atoms in total. The summed E-state index contributed by atoms with van der Waals surface area (Å²) in [4.78, 5) is 22.5. The molecule has 2 heterocycles. The van der Waals surface area contributed by atoms with Crippen molar-refractivity contribution in [2.24, 2.45) is 9.98 Å². The summed E-state index contributed by atoms with van der Waals surface area (Å²) in [6, 6.07) is 6.57. The lowest BCUT2D eigenvalue weighted by molar-refractivity contribution is -0.274. The second kappa shape index (κ2) is 5.17. The molecule has 0 spiro atoms. The van der Waals surface area contributed by atoms with Gasteiger partial charge in [0, 0.05) is 5.69 Å². The molecule has 0 saturated heterocycles. The van der Waals surface area contributed by atoms with Gasteiger partial charge in [0.2, 0.25) is 0 Å². The molecule has 1 aromatic carbocycles. The number of benzene rings is 1. The van der Waals surface area contributed by atoms with E-state index in [0.29, 0.717) is 16.5 Å². The predicted octanol–water partition coefficient (Wildman–Crippen LogP) is 1.23. The number of alkyl halides is 3. The maximum absolute atomic E-state index is 12.1. The number of anilines is 2. The lowest BCUT2D eigenvalue weighted by atomic mass is 10.3. The molecule has 0 atom stereocenters. The monoisotopic (exact) mass is 310 g/mol. The van der Waals surface area contributed by atoms with Crippen molar-refractivity contribution in [3.63, 3.8) is 0 Å². The lowest BCUT2D eigenvalue weighted by Crippen LogP contribution is -2.33. The van der Waals surface area contributed by atoms with E-state index in [0.717, 1.165) is 12.1 Å². The number of hydrogen-bond donors (Lipinski definition) is 2. The van der Waals surface area contributed by atoms with Gasteiger partial charge in [0.15, 0.2) is 5.49 Å². The first kappa shape index (κ1) is 14.1. The smallest absolute Gasteiger partial charge is 0.406 e. The van der Waals surface area contributed by atoms with Gasteiger partial charge in [-0.3, -0.25) is 9.79 Å². The third kappa shape index (κ3) is 3.08. The van der Waals surface area contributed by atoms with Gasteiger partial charge in [-0.25, -0.2) is 4.99 Å². The SMILES string of the molecule is O=c1[nH]c2c(cc1Nc1ccc(OC(F)(F)F)cc1)=NCN=2. The van der Waals surface area contributed by atoms with Crippen LogP contribution in [-0.4, -0.2) is 18.0 Å². The van der Waals surface area contributed by atoms with E-state index in [1.807, 2.05) is 0 Å². The fourth-order valence-electron chi connectivity index (χ4n) is 1.92. The number of fused-ring (bicyclic) bond motifs is 1. The van der Waals surface area contributed by atoms with E-state index in [9.17, 15) is 18.0 Å². The Balaban J connectivity index is 1.83. The zero-order valence-electron chi connectivity index (χ0n) is 10.9. The number of halogens is 3. The molecular formula is C13H9F3N4O2. The van der Waals surface area contributed by atoms with Crippen molar-refractivity contribution in [2.75, 3.05) is 12.0 Å². The molecule has 0 bridgehead atoms. The Labute approximate surface area is 121 Å². The van der Waals surface area contributed by atoms with Crippen LogP contribution in [0.2, 0.25) is 0 Å². The lowest BCUT2D eigenvalue weighted by Gasteiger charge is -2.10. The molecule has 1 aliphatic rings. The summed E-state index contributed by atoms with van der Waals surface area (Å²) >= 11 is 0. The molecule has 0 saturated carbocycles. The molecule has 0 fully saturated rings. The molecule has 2 N–H and O–H groups in total. The Hall–Kier alpha value is -2.84. The summed E-state index contributed by atoms with van der Waals surface area (Å²) in [6.07, 6.45) is -4.74. The van der Waals surface area contributed by atoms with Crippen LogP contribution in [-0.2, 0) is 0 Å². The molecule has 114 valence electrons. The van der Waals surface area contributed by atoms with Gasteiger partial charge in [-0.15, -0.1) is 13.2 Å². The quantitative estimate of drug-likeness (QED) is 0.895. The van der Waals surface area contributed by atoms with Crippen LogP contribution in [0.3, 0.4) is 0 Å². The minimum absolute atomic E-state index is 0.226. The molecule has 0 radical (unpaired) electrons. The highest BCUT2D eigenvalue weighted by atomic mass is 19.4. The first-order valence-electron chi connectivity index (χ1n) is 6.16. The topological polar surface area (TPSA) is 78.8 Å². The van der Waals surface area contributed by atoms with E-state index in [-0.39, 0.29) is 18.1 Å². The Bertz CT molecular complexity index is 872. The fraction of sp³-hybridized carbons (Fsp3) is 0.154. The van der Waals surface area contributed by atoms with Crippen LogP contribution in [0.15, 0.2) is 45.1 Å². The van der Waals surface area contributed by atoms with Crippen molar-refractivity contribution < 1.29 is 17.9 Å². The summed E-state index contributed by atoms with van der Waals surface area (Å²) < 4.78 is 40.0. The van der Waals surface area contributed by atoms with E-state index >= 15 is 0 Å². The van der Waals surface area contributed by atoms with Crippen molar-refractivity contribution in [1.29, 1.82) is 0 Å². The number of hydrogen-bond acceptors (Lipinski definition) is 5. The number of aromatic nitrogens is 1. The minimum Gasteiger partial charge on any atom is -0.406 e. The minimum atomic E-state index is -4.74. The van der Waals surface area contributed by atoms with Gasteiger partial charge in [-0.2, -0.15) is 0 Å². The molecule has 0 unspecified atom stereocenters. The normalized spacial score (nSPS) is 13.0. The van der Waals surface area contributed by atoms with Gasteiger partial charge < -0.3 is 15.0 Å². The number of nitrogens with one attached hydrogen (secondary N) is 2. The highest BCUT2D eigenvalue weighted by Gasteiger charge is 2.30. The van der Waals surface area contributed by atoms with Crippen LogP contribution in [0.1, 0.15) is 0 Å². The van der Waals surface area contributed by atoms with Gasteiger partial charge in [0.25, 0.3) is 5.56 Å². The Morgan fingerprint density at radius 2 is 1.91 bits per heavy atom. The fourth-order valence-corrected chi connectivity index (χ4v) is 1.92. The second-order valence-corrected chi connectivity index (χ2v) is 4.40. The van der Waals surface area contributed by atoms with Crippen LogP contribution in [0.25, 0.3) is 0 Å². The third-order valence-corrected chi connectivity index (χ3v) is 2.84. The zero-order chi connectivity index (χ0) is 15.7. The van der Waals surface area contributed by atoms with Crippen LogP contribution >= 0.6 is 0 Å². The van der Waals surface area contributed by atoms with E-state index in [1.54, 1.807) is 0 Å². The molecule has 0 amide bonds. The third-order valence-electron chi connectivity index (χ3n) is 2.84. The molecule has 9 heteroatoms. The van der Waals surface area contributed by atoms with E-state index in [4.69, 9.17) is 0 Å². The maximum Gasteiger partial charge on any atom is 0.573 e. The molecule has 3 rings (SSSR count). The van der Waals surface area contributed by atoms with Crippen molar-refractivity contribution >= 4 is 11.4 Å². The molecule has 2 aromatic rings. The number of aromatic amines is 1. The molecule has 0 aliphatic carbocycles. The molecule has 1 aromatic heterocycles. The number of pyridine rings is 1. The van der Waals surface area contributed by atoms with Crippen molar-refractivity contribution in [3.8, 4) is 5.75 Å². The summed E-state index contributed by atoms with van der Waals surface area (Å²) in [5.74, 6) is -0.338. The first-order valence-corrected chi connectivity index (χ1v) is 6.16. The Kier molecular flexibility index (Phi) is 3.32. The second-order valence-electron chi connectivity index (χ2n) is 4.40. The van der Waals surface area contributed by atoms with Crippen LogP contribution < -0.4 is 26.5 Å². The average Bonchev–Trinajstić information content (AvgIpc) is 2.87. The summed E-state index contributed by atoms with van der Waals surface area (Å²) in [7, 11) is 0. The van der Waals surface area contributed by atoms with E-state index < -0.39 is 11.9 Å². The summed E-state index contributed by atoms with van der Waals surface area (Å²) in [5.41, 5.74) is 0.693. The van der Waals surface area contributed by atoms with E-state index in [1.165, 1.54) is 18.2 Å². The molecule has 1 aliphatic heterocycles. The van der Waals surface area contributed by atoms with Gasteiger partial charge in [-0.05, 0) is 30.3 Å². The Morgan fingerprint density at radius 1 is 1.18 bits per heavy atom. The maximum atomic E-state index is 12.1. The average molecular weight is 310 g/mol. The van der Waals surface area contributed by atoms with Crippen LogP contribution in [0, 0.1) is 0 Å². The zero-order valence-corrected chi connectivity index (χ0v) is 10.9. The Morgan fingerprint density at radius 3 is 2.59 bits per heavy atom. The van der Waals surface area contributed by atoms with Gasteiger partial charge >= 0.3 is 6.36 Å². The number of ether oxygens (including phenoxy) is 1.